The van der Waals surface area contributed by atoms with E-state index in [9.17, 15) is 4.79 Å². The lowest BCUT2D eigenvalue weighted by Gasteiger charge is -2.39. The summed E-state index contributed by atoms with van der Waals surface area (Å²) in [6.07, 6.45) is 5.47. The molecule has 0 aromatic carbocycles. The van der Waals surface area contributed by atoms with E-state index >= 15 is 0 Å². The summed E-state index contributed by atoms with van der Waals surface area (Å²) >= 11 is 0. The van der Waals surface area contributed by atoms with Gasteiger partial charge in [-0.05, 0) is 37.5 Å². The Labute approximate surface area is 80.2 Å². The van der Waals surface area contributed by atoms with Gasteiger partial charge in [-0.3, -0.25) is 4.79 Å². The van der Waals surface area contributed by atoms with E-state index in [0.29, 0.717) is 17.6 Å². The van der Waals surface area contributed by atoms with Crippen molar-refractivity contribution in [1.29, 1.82) is 0 Å². The third-order valence-corrected chi connectivity index (χ3v) is 3.90. The summed E-state index contributed by atoms with van der Waals surface area (Å²) in [7, 11) is 0. The normalized spacial score (nSPS) is 40.2. The van der Waals surface area contributed by atoms with Gasteiger partial charge in [0.25, 0.3) is 0 Å². The summed E-state index contributed by atoms with van der Waals surface area (Å²) in [6, 6.07) is 0. The average Bonchev–Trinajstić information content (AvgIpc) is 2.12. The molecule has 1 unspecified atom stereocenters. The summed E-state index contributed by atoms with van der Waals surface area (Å²) in [5.74, 6) is 2.27. The van der Waals surface area contributed by atoms with Gasteiger partial charge in [0.15, 0.2) is 0 Å². The van der Waals surface area contributed by atoms with Gasteiger partial charge < -0.3 is 0 Å². The van der Waals surface area contributed by atoms with Crippen LogP contribution in [0.2, 0.25) is 0 Å². The highest BCUT2D eigenvalue weighted by Crippen LogP contribution is 2.43. The Morgan fingerprint density at radius 3 is 2.85 bits per heavy atom. The summed E-state index contributed by atoms with van der Waals surface area (Å²) in [4.78, 5) is 11.5. The lowest BCUT2D eigenvalue weighted by molar-refractivity contribution is -0.128. The average molecular weight is 178 g/mol. The smallest absolute Gasteiger partial charge is 0.135 e. The Kier molecular flexibility index (Phi) is 2.27. The fourth-order valence-electron chi connectivity index (χ4n) is 3.00. The molecule has 72 valence electrons. The quantitative estimate of drug-likeness (QED) is 0.521. The molecule has 13 heavy (non-hydrogen) atoms. The van der Waals surface area contributed by atoms with Crippen LogP contribution < -0.4 is 0 Å². The first kappa shape index (κ1) is 8.98. The zero-order valence-corrected chi connectivity index (χ0v) is 8.38. The second-order valence-corrected chi connectivity index (χ2v) is 4.71. The molecule has 2 rings (SSSR count). The first-order valence-corrected chi connectivity index (χ1v) is 5.38. The number of hydrogen-bond donors (Lipinski definition) is 0. The van der Waals surface area contributed by atoms with Crippen LogP contribution in [0.4, 0.5) is 0 Å². The van der Waals surface area contributed by atoms with E-state index in [2.05, 4.69) is 13.5 Å². The van der Waals surface area contributed by atoms with E-state index in [1.165, 1.54) is 18.4 Å². The van der Waals surface area contributed by atoms with Crippen LogP contribution in [0.1, 0.15) is 39.0 Å². The van der Waals surface area contributed by atoms with Crippen molar-refractivity contribution in [3.05, 3.63) is 12.2 Å². The van der Waals surface area contributed by atoms with Crippen LogP contribution in [-0.2, 0) is 4.79 Å². The largest absolute Gasteiger partial charge is 0.299 e. The lowest BCUT2D eigenvalue weighted by atomic mass is 9.65. The van der Waals surface area contributed by atoms with Gasteiger partial charge in [-0.2, -0.15) is 0 Å². The highest BCUT2D eigenvalue weighted by atomic mass is 16.1. The van der Waals surface area contributed by atoms with Gasteiger partial charge >= 0.3 is 0 Å². The third kappa shape index (κ3) is 1.56. The minimum atomic E-state index is 0.326. The van der Waals surface area contributed by atoms with Gasteiger partial charge in [-0.25, -0.2) is 0 Å². The molecule has 0 amide bonds. The van der Waals surface area contributed by atoms with E-state index in [-0.39, 0.29) is 0 Å². The van der Waals surface area contributed by atoms with Crippen molar-refractivity contribution in [2.45, 2.75) is 39.0 Å². The molecule has 0 aromatic heterocycles. The van der Waals surface area contributed by atoms with Crippen LogP contribution in [-0.4, -0.2) is 5.78 Å². The molecule has 1 heteroatoms. The maximum Gasteiger partial charge on any atom is 0.135 e. The number of ketones is 1. The van der Waals surface area contributed by atoms with E-state index in [1.807, 2.05) is 0 Å². The van der Waals surface area contributed by atoms with Gasteiger partial charge in [0.2, 0.25) is 0 Å². The lowest BCUT2D eigenvalue weighted by Crippen LogP contribution is -2.35. The molecule has 0 heterocycles. The van der Waals surface area contributed by atoms with Crippen LogP contribution >= 0.6 is 0 Å². The molecule has 2 aliphatic rings. The van der Waals surface area contributed by atoms with Crippen molar-refractivity contribution in [1.82, 2.24) is 0 Å². The Morgan fingerprint density at radius 1 is 1.31 bits per heavy atom. The van der Waals surface area contributed by atoms with Crippen LogP contribution in [0.5, 0.6) is 0 Å². The molecule has 0 spiro atoms. The minimum Gasteiger partial charge on any atom is -0.299 e. The predicted molar refractivity (Wildman–Crippen MR) is 53.4 cm³/mol. The minimum absolute atomic E-state index is 0.326. The molecule has 0 aromatic rings. The monoisotopic (exact) mass is 178 g/mol. The number of fused-ring (bicyclic) bond motifs is 1. The molecule has 0 radical (unpaired) electrons. The Balaban J connectivity index is 2.10. The van der Waals surface area contributed by atoms with Crippen molar-refractivity contribution in [3.63, 3.8) is 0 Å². The van der Waals surface area contributed by atoms with Crippen molar-refractivity contribution in [2.24, 2.45) is 17.8 Å². The maximum absolute atomic E-state index is 11.5. The highest BCUT2D eigenvalue weighted by Gasteiger charge is 2.37. The summed E-state index contributed by atoms with van der Waals surface area (Å²) < 4.78 is 0. The van der Waals surface area contributed by atoms with Gasteiger partial charge in [-0.15, -0.1) is 0 Å². The maximum atomic E-state index is 11.5. The molecule has 3 atom stereocenters. The summed E-state index contributed by atoms with van der Waals surface area (Å²) in [5.41, 5.74) is 1.41. The van der Waals surface area contributed by atoms with Crippen molar-refractivity contribution in [3.8, 4) is 0 Å². The number of carbonyl (C=O) groups excluding carboxylic acids is 1. The van der Waals surface area contributed by atoms with Gasteiger partial charge in [0, 0.05) is 12.3 Å². The predicted octanol–water partition coefficient (Wildman–Crippen LogP) is 2.96. The second-order valence-electron chi connectivity index (χ2n) is 4.71. The number of Topliss-reactive ketones (excluding diaryl/α,β-unsaturated/α-hetero) is 1. The molecule has 0 bridgehead atoms. The zero-order valence-electron chi connectivity index (χ0n) is 8.38. The SMILES string of the molecule is C=C1CC[C@H]2C(CCC(=O)[C@@H]2C)C1. The molecular formula is C12H18O. The molecule has 2 fully saturated rings. The molecule has 0 saturated heterocycles. The molecule has 0 aliphatic heterocycles. The third-order valence-electron chi connectivity index (χ3n) is 3.90. The Hall–Kier alpha value is -0.590. The first-order valence-electron chi connectivity index (χ1n) is 5.38. The highest BCUT2D eigenvalue weighted by molar-refractivity contribution is 5.81. The fourth-order valence-corrected chi connectivity index (χ4v) is 3.00. The van der Waals surface area contributed by atoms with Crippen molar-refractivity contribution in [2.75, 3.05) is 0 Å². The summed E-state index contributed by atoms with van der Waals surface area (Å²) in [5, 5.41) is 0. The van der Waals surface area contributed by atoms with Crippen LogP contribution in [0.25, 0.3) is 0 Å². The topological polar surface area (TPSA) is 17.1 Å². The van der Waals surface area contributed by atoms with Crippen LogP contribution in [0, 0.1) is 17.8 Å². The molecule has 2 aliphatic carbocycles. The van der Waals surface area contributed by atoms with E-state index < -0.39 is 0 Å². The van der Waals surface area contributed by atoms with Crippen LogP contribution in [0.15, 0.2) is 12.2 Å². The van der Waals surface area contributed by atoms with Gasteiger partial charge in [-0.1, -0.05) is 19.1 Å². The van der Waals surface area contributed by atoms with Gasteiger partial charge in [0.1, 0.15) is 5.78 Å². The van der Waals surface area contributed by atoms with E-state index in [0.717, 1.165) is 25.2 Å². The number of allylic oxidation sites excluding steroid dienone is 1. The number of carbonyl (C=O) groups is 1. The zero-order chi connectivity index (χ0) is 9.42. The molecule has 1 nitrogen and oxygen atoms in total. The Bertz CT molecular complexity index is 242. The number of rotatable bonds is 0. The first-order chi connectivity index (χ1) is 6.18. The van der Waals surface area contributed by atoms with Crippen LogP contribution in [0.3, 0.4) is 0 Å². The second kappa shape index (κ2) is 3.28. The molecule has 2 saturated carbocycles. The number of hydrogen-bond acceptors (Lipinski definition) is 1. The Morgan fingerprint density at radius 2 is 2.08 bits per heavy atom. The van der Waals surface area contributed by atoms with E-state index in [4.69, 9.17) is 0 Å². The van der Waals surface area contributed by atoms with Crippen molar-refractivity contribution < 1.29 is 4.79 Å². The van der Waals surface area contributed by atoms with Gasteiger partial charge in [0.05, 0.1) is 0 Å². The van der Waals surface area contributed by atoms with Crippen molar-refractivity contribution >= 4 is 5.78 Å². The fraction of sp³-hybridized carbons (Fsp3) is 0.750. The molecular weight excluding hydrogens is 160 g/mol. The summed E-state index contributed by atoms with van der Waals surface area (Å²) in [6.45, 7) is 6.18. The standard InChI is InChI=1S/C12H18O/c1-8-3-5-11-9(2)12(13)6-4-10(11)7-8/h9-11H,1,3-7H2,2H3/t9-,10?,11-/m1/s1. The molecule has 0 N–H and O–H groups in total. The van der Waals surface area contributed by atoms with E-state index in [1.54, 1.807) is 0 Å².